The maximum absolute atomic E-state index is 13.8. The molecule has 2 aromatic carbocycles. The van der Waals surface area contributed by atoms with Gasteiger partial charge in [-0.25, -0.2) is 13.6 Å². The van der Waals surface area contributed by atoms with Crippen LogP contribution < -0.4 is 5.32 Å². The molecule has 2 amide bonds. The molecule has 1 N–H and O–H groups in total. The maximum atomic E-state index is 13.8. The van der Waals surface area contributed by atoms with E-state index in [0.29, 0.717) is 5.56 Å². The summed E-state index contributed by atoms with van der Waals surface area (Å²) in [6, 6.07) is 9.51. The zero-order valence-electron chi connectivity index (χ0n) is 19.6. The molecular weight excluding hydrogens is 487 g/mol. The number of amides is 2. The number of alkyl carbamates (subject to hydrolysis) is 1. The summed E-state index contributed by atoms with van der Waals surface area (Å²) in [5.74, 6) is -3.37. The first-order valence-electron chi connectivity index (χ1n) is 11.0. The van der Waals surface area contributed by atoms with Gasteiger partial charge in [0.05, 0.1) is 25.2 Å². The Labute approximate surface area is 203 Å². The molecule has 0 bridgehead atoms. The van der Waals surface area contributed by atoms with E-state index in [0.717, 1.165) is 11.0 Å². The van der Waals surface area contributed by atoms with Gasteiger partial charge < -0.3 is 19.4 Å². The van der Waals surface area contributed by atoms with Crippen molar-refractivity contribution in [1.29, 1.82) is 0 Å². The van der Waals surface area contributed by atoms with E-state index in [1.165, 1.54) is 36.4 Å². The first kappa shape index (κ1) is 25.5. The van der Waals surface area contributed by atoms with E-state index >= 15 is 0 Å². The van der Waals surface area contributed by atoms with Gasteiger partial charge in [0.2, 0.25) is 0 Å². The van der Waals surface area contributed by atoms with Crippen LogP contribution in [0.3, 0.4) is 0 Å². The van der Waals surface area contributed by atoms with Gasteiger partial charge in [0.1, 0.15) is 16.9 Å². The summed E-state index contributed by atoms with van der Waals surface area (Å²) in [6.07, 6.45) is -5.46. The third kappa shape index (κ3) is 5.60. The lowest BCUT2D eigenvalue weighted by Crippen LogP contribution is -2.58. The highest BCUT2D eigenvalue weighted by atomic mass is 19.4. The number of hydrogen-bond donors (Lipinski definition) is 1. The van der Waals surface area contributed by atoms with Gasteiger partial charge >= 0.3 is 12.3 Å². The molecule has 1 saturated heterocycles. The first-order valence-corrected chi connectivity index (χ1v) is 11.0. The minimum atomic E-state index is -4.72. The summed E-state index contributed by atoms with van der Waals surface area (Å²) in [7, 11) is 0. The number of alkyl halides is 5. The van der Waals surface area contributed by atoms with Crippen LogP contribution in [0.4, 0.5) is 26.7 Å². The molecule has 0 atom stereocenters. The first-order chi connectivity index (χ1) is 16.6. The Bertz CT molecular complexity index is 1300. The Morgan fingerprint density at radius 3 is 2.22 bits per heavy atom. The van der Waals surface area contributed by atoms with Gasteiger partial charge in [-0.2, -0.15) is 13.2 Å². The van der Waals surface area contributed by atoms with Crippen LogP contribution in [0.5, 0.6) is 0 Å². The standard InChI is InChI=1S/C25H23F5N2O4/c1-23(2,3)36-22(34)31-11-18-9-17-8-16(10-19(20(17)35-18)25(28,29)30)14-4-6-15(7-5-14)21(33)32-12-24(26,27)13-32/h4-10H,11-13H2,1-3H3,(H,31,34). The molecule has 0 spiro atoms. The molecule has 0 aliphatic carbocycles. The van der Waals surface area contributed by atoms with E-state index in [2.05, 4.69) is 5.32 Å². The average Bonchev–Trinajstić information content (AvgIpc) is 3.16. The van der Waals surface area contributed by atoms with E-state index in [9.17, 15) is 31.5 Å². The number of carbonyl (C=O) groups is 2. The molecule has 36 heavy (non-hydrogen) atoms. The van der Waals surface area contributed by atoms with Gasteiger partial charge in [0, 0.05) is 10.9 Å². The van der Waals surface area contributed by atoms with Crippen LogP contribution in [-0.4, -0.2) is 41.5 Å². The molecule has 2 heterocycles. The zero-order chi connectivity index (χ0) is 26.5. The normalized spacial score (nSPS) is 15.5. The van der Waals surface area contributed by atoms with E-state index in [4.69, 9.17) is 9.15 Å². The summed E-state index contributed by atoms with van der Waals surface area (Å²) in [5, 5.41) is 2.61. The Balaban J connectivity index is 1.59. The van der Waals surface area contributed by atoms with E-state index in [1.54, 1.807) is 20.8 Å². The summed E-state index contributed by atoms with van der Waals surface area (Å²) >= 11 is 0. The van der Waals surface area contributed by atoms with Crippen LogP contribution in [0.1, 0.15) is 42.5 Å². The topological polar surface area (TPSA) is 71.8 Å². The number of hydrogen-bond acceptors (Lipinski definition) is 4. The predicted molar refractivity (Wildman–Crippen MR) is 121 cm³/mol. The van der Waals surface area contributed by atoms with Crippen molar-refractivity contribution < 1.29 is 40.7 Å². The molecule has 3 aromatic rings. The molecule has 192 valence electrons. The molecular formula is C25H23F5N2O4. The number of fused-ring (bicyclic) bond motifs is 1. The van der Waals surface area contributed by atoms with Crippen molar-refractivity contribution in [3.8, 4) is 11.1 Å². The lowest BCUT2D eigenvalue weighted by molar-refractivity contribution is -0.136. The number of carbonyl (C=O) groups excluding carboxylic acids is 2. The molecule has 6 nitrogen and oxygen atoms in total. The number of likely N-dealkylation sites (tertiary alicyclic amines) is 1. The second kappa shape index (κ2) is 8.79. The van der Waals surface area contributed by atoms with Crippen molar-refractivity contribution in [3.63, 3.8) is 0 Å². The van der Waals surface area contributed by atoms with E-state index < -0.39 is 48.4 Å². The lowest BCUT2D eigenvalue weighted by atomic mass is 9.98. The fraction of sp³-hybridized carbons (Fsp3) is 0.360. The van der Waals surface area contributed by atoms with Gasteiger partial charge in [0.25, 0.3) is 11.8 Å². The minimum absolute atomic E-state index is 0.103. The van der Waals surface area contributed by atoms with Crippen molar-refractivity contribution in [2.45, 2.75) is 45.0 Å². The Morgan fingerprint density at radius 2 is 1.67 bits per heavy atom. The van der Waals surface area contributed by atoms with Crippen LogP contribution in [0, 0.1) is 0 Å². The number of furan rings is 1. The summed E-state index contributed by atoms with van der Waals surface area (Å²) in [6.45, 7) is 3.53. The molecule has 0 saturated carbocycles. The Kier molecular flexibility index (Phi) is 6.22. The molecule has 1 fully saturated rings. The maximum Gasteiger partial charge on any atom is 0.420 e. The highest BCUT2D eigenvalue weighted by molar-refractivity contribution is 5.95. The van der Waals surface area contributed by atoms with Gasteiger partial charge in [-0.1, -0.05) is 12.1 Å². The van der Waals surface area contributed by atoms with Crippen molar-refractivity contribution in [2.24, 2.45) is 0 Å². The molecule has 1 aromatic heterocycles. The van der Waals surface area contributed by atoms with Crippen LogP contribution in [0.15, 0.2) is 46.9 Å². The molecule has 1 aliphatic heterocycles. The second-order valence-electron chi connectivity index (χ2n) is 9.60. The average molecular weight is 510 g/mol. The molecule has 11 heteroatoms. The smallest absolute Gasteiger partial charge is 0.420 e. The zero-order valence-corrected chi connectivity index (χ0v) is 19.6. The predicted octanol–water partition coefficient (Wildman–Crippen LogP) is 6.23. The fourth-order valence-electron chi connectivity index (χ4n) is 3.79. The Morgan fingerprint density at radius 1 is 1.03 bits per heavy atom. The highest BCUT2D eigenvalue weighted by Crippen LogP contribution is 2.39. The number of halogens is 5. The second-order valence-corrected chi connectivity index (χ2v) is 9.60. The van der Waals surface area contributed by atoms with E-state index in [1.807, 2.05) is 0 Å². The number of benzene rings is 2. The van der Waals surface area contributed by atoms with Crippen molar-refractivity contribution in [1.82, 2.24) is 10.2 Å². The van der Waals surface area contributed by atoms with Crippen molar-refractivity contribution >= 4 is 23.0 Å². The quantitative estimate of drug-likeness (QED) is 0.422. The van der Waals surface area contributed by atoms with Crippen LogP contribution >= 0.6 is 0 Å². The number of nitrogens with zero attached hydrogens (tertiary/aromatic N) is 1. The summed E-state index contributed by atoms with van der Waals surface area (Å²) in [4.78, 5) is 25.2. The number of rotatable bonds is 4. The Hall–Kier alpha value is -3.63. The van der Waals surface area contributed by atoms with Gasteiger partial charge in [-0.3, -0.25) is 4.79 Å². The van der Waals surface area contributed by atoms with Gasteiger partial charge in [0.15, 0.2) is 0 Å². The van der Waals surface area contributed by atoms with Crippen molar-refractivity contribution in [3.05, 3.63) is 59.4 Å². The third-order valence-corrected chi connectivity index (χ3v) is 5.38. The molecule has 0 radical (unpaired) electrons. The number of ether oxygens (including phenoxy) is 1. The molecule has 4 rings (SSSR count). The number of nitrogens with one attached hydrogen (secondary N) is 1. The van der Waals surface area contributed by atoms with Gasteiger partial charge in [-0.05, 0) is 62.2 Å². The summed E-state index contributed by atoms with van der Waals surface area (Å²) < 4.78 is 78.1. The largest absolute Gasteiger partial charge is 0.459 e. The monoisotopic (exact) mass is 510 g/mol. The van der Waals surface area contributed by atoms with Crippen LogP contribution in [0.2, 0.25) is 0 Å². The third-order valence-electron chi connectivity index (χ3n) is 5.38. The molecule has 1 aliphatic rings. The van der Waals surface area contributed by atoms with E-state index in [-0.39, 0.29) is 34.4 Å². The summed E-state index contributed by atoms with van der Waals surface area (Å²) in [5.41, 5.74) is -1.35. The van der Waals surface area contributed by atoms with Crippen LogP contribution in [0.25, 0.3) is 22.1 Å². The fourth-order valence-corrected chi connectivity index (χ4v) is 3.79. The van der Waals surface area contributed by atoms with Crippen LogP contribution in [-0.2, 0) is 17.5 Å². The lowest BCUT2D eigenvalue weighted by Gasteiger charge is -2.38. The van der Waals surface area contributed by atoms with Crippen molar-refractivity contribution in [2.75, 3.05) is 13.1 Å². The SMILES string of the molecule is CC(C)(C)OC(=O)NCc1cc2cc(-c3ccc(C(=O)N4CC(F)(F)C4)cc3)cc(C(F)(F)F)c2o1. The molecule has 0 unspecified atom stereocenters. The highest BCUT2D eigenvalue weighted by Gasteiger charge is 2.46. The van der Waals surface area contributed by atoms with Gasteiger partial charge in [-0.15, -0.1) is 0 Å². The minimum Gasteiger partial charge on any atom is -0.459 e.